The molecule has 5 nitrogen and oxygen atoms in total. The first-order chi connectivity index (χ1) is 7.02. The van der Waals surface area contributed by atoms with Crippen molar-refractivity contribution in [2.24, 2.45) is 5.92 Å². The fraction of sp³-hybridized carbons (Fsp3) is 0.444. The highest BCUT2D eigenvalue weighted by Crippen LogP contribution is 2.05. The SMILES string of the molecule is CC(C)[C@@H](NC(=O)c1cscn1)C(=O)O. The second-order valence-corrected chi connectivity index (χ2v) is 4.13. The van der Waals surface area contributed by atoms with E-state index in [0.29, 0.717) is 0 Å². The molecule has 6 heteroatoms. The van der Waals surface area contributed by atoms with E-state index in [9.17, 15) is 9.59 Å². The minimum Gasteiger partial charge on any atom is -0.480 e. The van der Waals surface area contributed by atoms with Crippen LogP contribution in [-0.4, -0.2) is 28.0 Å². The largest absolute Gasteiger partial charge is 0.480 e. The molecule has 0 aliphatic heterocycles. The van der Waals surface area contributed by atoms with Crippen molar-refractivity contribution in [3.05, 3.63) is 16.6 Å². The Kier molecular flexibility index (Phi) is 3.79. The van der Waals surface area contributed by atoms with Crippen molar-refractivity contribution in [1.82, 2.24) is 10.3 Å². The van der Waals surface area contributed by atoms with Gasteiger partial charge in [0.05, 0.1) is 5.51 Å². The summed E-state index contributed by atoms with van der Waals surface area (Å²) in [6.45, 7) is 3.47. The number of carboxylic acid groups (broad SMARTS) is 1. The number of carbonyl (C=O) groups is 2. The molecule has 0 spiro atoms. The van der Waals surface area contributed by atoms with Crippen LogP contribution in [0.2, 0.25) is 0 Å². The number of thiazole rings is 1. The van der Waals surface area contributed by atoms with E-state index in [4.69, 9.17) is 5.11 Å². The zero-order valence-corrected chi connectivity index (χ0v) is 9.25. The minimum atomic E-state index is -1.03. The molecule has 82 valence electrons. The molecule has 1 atom stereocenters. The molecule has 0 aliphatic carbocycles. The number of nitrogens with one attached hydrogen (secondary N) is 1. The highest BCUT2D eigenvalue weighted by molar-refractivity contribution is 7.07. The number of amides is 1. The molecule has 15 heavy (non-hydrogen) atoms. The van der Waals surface area contributed by atoms with E-state index in [2.05, 4.69) is 10.3 Å². The molecule has 0 radical (unpaired) electrons. The van der Waals surface area contributed by atoms with Gasteiger partial charge in [-0.25, -0.2) is 9.78 Å². The lowest BCUT2D eigenvalue weighted by molar-refractivity contribution is -0.140. The Morgan fingerprint density at radius 3 is 2.60 bits per heavy atom. The lowest BCUT2D eigenvalue weighted by Gasteiger charge is -2.16. The predicted molar refractivity (Wildman–Crippen MR) is 55.8 cm³/mol. The smallest absolute Gasteiger partial charge is 0.326 e. The van der Waals surface area contributed by atoms with E-state index in [1.165, 1.54) is 16.8 Å². The average molecular weight is 228 g/mol. The van der Waals surface area contributed by atoms with Gasteiger partial charge in [-0.05, 0) is 5.92 Å². The first-order valence-corrected chi connectivity index (χ1v) is 5.38. The van der Waals surface area contributed by atoms with Crippen LogP contribution in [0.4, 0.5) is 0 Å². The third-order valence-corrected chi connectivity index (χ3v) is 2.47. The minimum absolute atomic E-state index is 0.162. The molecule has 1 aromatic heterocycles. The standard InChI is InChI=1S/C9H12N2O3S/c1-5(2)7(9(13)14)11-8(12)6-3-15-4-10-6/h3-5,7H,1-2H3,(H,11,12)(H,13,14)/t7-/m1/s1. The summed E-state index contributed by atoms with van der Waals surface area (Å²) >= 11 is 1.29. The summed E-state index contributed by atoms with van der Waals surface area (Å²) in [6, 6.07) is -0.876. The number of carbonyl (C=O) groups excluding carboxylic acids is 1. The van der Waals surface area contributed by atoms with Crippen LogP contribution in [0.25, 0.3) is 0 Å². The van der Waals surface area contributed by atoms with Gasteiger partial charge in [-0.15, -0.1) is 11.3 Å². The summed E-state index contributed by atoms with van der Waals surface area (Å²) in [5, 5.41) is 12.9. The van der Waals surface area contributed by atoms with Crippen LogP contribution in [0, 0.1) is 5.92 Å². The summed E-state index contributed by atoms with van der Waals surface area (Å²) in [5.74, 6) is -1.64. The van der Waals surface area contributed by atoms with E-state index in [-0.39, 0.29) is 11.6 Å². The number of rotatable bonds is 4. The Hall–Kier alpha value is -1.43. The van der Waals surface area contributed by atoms with E-state index in [0.717, 1.165) is 0 Å². The van der Waals surface area contributed by atoms with Gasteiger partial charge in [0.25, 0.3) is 5.91 Å². The van der Waals surface area contributed by atoms with Crippen LogP contribution in [0.3, 0.4) is 0 Å². The Balaban J connectivity index is 2.67. The molecule has 0 aliphatic rings. The van der Waals surface area contributed by atoms with Gasteiger partial charge in [0, 0.05) is 5.38 Å². The van der Waals surface area contributed by atoms with Crippen LogP contribution in [-0.2, 0) is 4.79 Å². The van der Waals surface area contributed by atoms with Gasteiger partial charge in [-0.2, -0.15) is 0 Å². The number of hydrogen-bond donors (Lipinski definition) is 2. The summed E-state index contributed by atoms with van der Waals surface area (Å²) in [5.41, 5.74) is 1.78. The van der Waals surface area contributed by atoms with Crippen LogP contribution in [0.5, 0.6) is 0 Å². The van der Waals surface area contributed by atoms with Gasteiger partial charge in [0.15, 0.2) is 0 Å². The lowest BCUT2D eigenvalue weighted by atomic mass is 10.0. The summed E-state index contributed by atoms with van der Waals surface area (Å²) < 4.78 is 0. The molecule has 0 bridgehead atoms. The van der Waals surface area contributed by atoms with Crippen molar-refractivity contribution >= 4 is 23.2 Å². The van der Waals surface area contributed by atoms with Crippen molar-refractivity contribution in [1.29, 1.82) is 0 Å². The van der Waals surface area contributed by atoms with Crippen molar-refractivity contribution < 1.29 is 14.7 Å². The summed E-state index contributed by atoms with van der Waals surface area (Å²) in [6.07, 6.45) is 0. The van der Waals surface area contributed by atoms with Crippen molar-refractivity contribution in [3.8, 4) is 0 Å². The number of nitrogens with zero attached hydrogens (tertiary/aromatic N) is 1. The molecule has 1 amide bonds. The second kappa shape index (κ2) is 4.88. The molecule has 0 aromatic carbocycles. The Bertz CT molecular complexity index is 348. The first-order valence-electron chi connectivity index (χ1n) is 4.44. The molecule has 2 N–H and O–H groups in total. The molecule has 0 saturated heterocycles. The van der Waals surface area contributed by atoms with Gasteiger partial charge in [-0.1, -0.05) is 13.8 Å². The van der Waals surface area contributed by atoms with Gasteiger partial charge in [0.1, 0.15) is 11.7 Å². The van der Waals surface area contributed by atoms with Crippen LogP contribution in [0.1, 0.15) is 24.3 Å². The topological polar surface area (TPSA) is 79.3 Å². The molecular weight excluding hydrogens is 216 g/mol. The van der Waals surface area contributed by atoms with E-state index in [1.807, 2.05) is 0 Å². The van der Waals surface area contributed by atoms with Crippen LogP contribution in [0.15, 0.2) is 10.9 Å². The zero-order valence-electron chi connectivity index (χ0n) is 8.43. The molecule has 0 saturated carbocycles. The second-order valence-electron chi connectivity index (χ2n) is 3.41. The average Bonchev–Trinajstić information content (AvgIpc) is 2.65. The van der Waals surface area contributed by atoms with Crippen molar-refractivity contribution in [2.75, 3.05) is 0 Å². The fourth-order valence-corrected chi connectivity index (χ4v) is 1.59. The number of carboxylic acids is 1. The van der Waals surface area contributed by atoms with E-state index < -0.39 is 17.9 Å². The lowest BCUT2D eigenvalue weighted by Crippen LogP contribution is -2.44. The Morgan fingerprint density at radius 2 is 2.20 bits per heavy atom. The van der Waals surface area contributed by atoms with Gasteiger partial charge < -0.3 is 10.4 Å². The maximum atomic E-state index is 11.5. The first kappa shape index (κ1) is 11.6. The molecule has 1 heterocycles. The van der Waals surface area contributed by atoms with E-state index >= 15 is 0 Å². The molecular formula is C9H12N2O3S. The van der Waals surface area contributed by atoms with Gasteiger partial charge in [0.2, 0.25) is 0 Å². The molecule has 1 rings (SSSR count). The maximum Gasteiger partial charge on any atom is 0.326 e. The fourth-order valence-electron chi connectivity index (χ4n) is 1.05. The van der Waals surface area contributed by atoms with Crippen molar-refractivity contribution in [3.63, 3.8) is 0 Å². The highest BCUT2D eigenvalue weighted by atomic mass is 32.1. The maximum absolute atomic E-state index is 11.5. The van der Waals surface area contributed by atoms with Gasteiger partial charge in [-0.3, -0.25) is 4.79 Å². The summed E-state index contributed by atoms with van der Waals surface area (Å²) in [4.78, 5) is 26.1. The van der Waals surface area contributed by atoms with Gasteiger partial charge >= 0.3 is 5.97 Å². The Morgan fingerprint density at radius 1 is 1.53 bits per heavy atom. The summed E-state index contributed by atoms with van der Waals surface area (Å²) in [7, 11) is 0. The number of hydrogen-bond acceptors (Lipinski definition) is 4. The monoisotopic (exact) mass is 228 g/mol. The molecule has 0 unspecified atom stereocenters. The molecule has 1 aromatic rings. The Labute approximate surface area is 91.1 Å². The number of aliphatic carboxylic acids is 1. The third-order valence-electron chi connectivity index (χ3n) is 1.88. The van der Waals surface area contributed by atoms with Crippen LogP contribution < -0.4 is 5.32 Å². The third kappa shape index (κ3) is 3.02. The van der Waals surface area contributed by atoms with Crippen molar-refractivity contribution in [2.45, 2.75) is 19.9 Å². The van der Waals surface area contributed by atoms with E-state index in [1.54, 1.807) is 19.2 Å². The zero-order chi connectivity index (χ0) is 11.4. The predicted octanol–water partition coefficient (Wildman–Crippen LogP) is 0.982. The number of aromatic nitrogens is 1. The van der Waals surface area contributed by atoms with Crippen LogP contribution >= 0.6 is 11.3 Å². The molecule has 0 fully saturated rings. The normalized spacial score (nSPS) is 12.5. The quantitative estimate of drug-likeness (QED) is 0.805. The highest BCUT2D eigenvalue weighted by Gasteiger charge is 2.24.